The molecule has 1 aromatic rings. The normalized spacial score (nSPS) is 14.7. The van der Waals surface area contributed by atoms with Gasteiger partial charge in [-0.3, -0.25) is 4.79 Å². The molecular formula is C12H16BrNO. The Kier molecular flexibility index (Phi) is 4.48. The minimum absolute atomic E-state index is 0.0790. The first-order chi connectivity index (χ1) is 7.00. The second kappa shape index (κ2) is 5.42. The third-order valence-corrected chi connectivity index (χ3v) is 3.06. The van der Waals surface area contributed by atoms with Crippen LogP contribution in [0.1, 0.15) is 19.4 Å². The van der Waals surface area contributed by atoms with Gasteiger partial charge in [0.25, 0.3) is 0 Å². The minimum atomic E-state index is -0.0796. The highest BCUT2D eigenvalue weighted by Gasteiger charge is 2.16. The fraction of sp³-hybridized carbons (Fsp3) is 0.417. The minimum Gasteiger partial charge on any atom is -0.327 e. The fourth-order valence-electron chi connectivity index (χ4n) is 1.30. The smallest absolute Gasteiger partial charge is 0.141 e. The van der Waals surface area contributed by atoms with Crippen LogP contribution in [-0.4, -0.2) is 11.8 Å². The molecule has 2 nitrogen and oxygen atoms in total. The van der Waals surface area contributed by atoms with Crippen molar-refractivity contribution in [2.24, 2.45) is 11.7 Å². The molecule has 2 atom stereocenters. The van der Waals surface area contributed by atoms with Crippen molar-refractivity contribution in [2.75, 3.05) is 0 Å². The standard InChI is InChI=1S/C12H16BrNO/c1-8(9(2)14)12(15)7-10-4-3-5-11(13)6-10/h3-6,8-9H,7,14H2,1-2H3. The molecule has 0 saturated heterocycles. The lowest BCUT2D eigenvalue weighted by Crippen LogP contribution is -2.31. The largest absolute Gasteiger partial charge is 0.327 e. The summed E-state index contributed by atoms with van der Waals surface area (Å²) >= 11 is 3.38. The maximum Gasteiger partial charge on any atom is 0.141 e. The molecule has 0 aliphatic heterocycles. The van der Waals surface area contributed by atoms with Crippen molar-refractivity contribution in [3.8, 4) is 0 Å². The maximum absolute atomic E-state index is 11.8. The Morgan fingerprint density at radius 3 is 2.67 bits per heavy atom. The summed E-state index contributed by atoms with van der Waals surface area (Å²) in [7, 11) is 0. The van der Waals surface area contributed by atoms with Gasteiger partial charge in [0, 0.05) is 22.9 Å². The molecule has 1 aromatic carbocycles. The molecule has 0 aromatic heterocycles. The third kappa shape index (κ3) is 3.76. The van der Waals surface area contributed by atoms with E-state index in [1.54, 1.807) is 0 Å². The monoisotopic (exact) mass is 269 g/mol. The molecule has 2 N–H and O–H groups in total. The molecule has 0 radical (unpaired) electrons. The lowest BCUT2D eigenvalue weighted by Gasteiger charge is -2.14. The summed E-state index contributed by atoms with van der Waals surface area (Å²) in [6, 6.07) is 7.72. The Labute approximate surface area is 99.0 Å². The summed E-state index contributed by atoms with van der Waals surface area (Å²) in [4.78, 5) is 11.8. The summed E-state index contributed by atoms with van der Waals surface area (Å²) in [5, 5.41) is 0. The van der Waals surface area contributed by atoms with Gasteiger partial charge in [0.1, 0.15) is 5.78 Å². The van der Waals surface area contributed by atoms with Gasteiger partial charge in [-0.25, -0.2) is 0 Å². The molecule has 0 amide bonds. The Hall–Kier alpha value is -0.670. The van der Waals surface area contributed by atoms with E-state index in [1.165, 1.54) is 0 Å². The molecule has 2 unspecified atom stereocenters. The highest BCUT2D eigenvalue weighted by Crippen LogP contribution is 2.14. The van der Waals surface area contributed by atoms with Gasteiger partial charge in [0.15, 0.2) is 0 Å². The lowest BCUT2D eigenvalue weighted by atomic mass is 9.94. The van der Waals surface area contributed by atoms with Gasteiger partial charge >= 0.3 is 0 Å². The number of ketones is 1. The molecule has 0 aliphatic carbocycles. The summed E-state index contributed by atoms with van der Waals surface area (Å²) < 4.78 is 1.00. The SMILES string of the molecule is CC(N)C(C)C(=O)Cc1cccc(Br)c1. The van der Waals surface area contributed by atoms with Crippen LogP contribution in [0.15, 0.2) is 28.7 Å². The van der Waals surface area contributed by atoms with E-state index in [4.69, 9.17) is 5.73 Å². The fourth-order valence-corrected chi connectivity index (χ4v) is 1.75. The number of benzene rings is 1. The molecule has 0 saturated carbocycles. The van der Waals surface area contributed by atoms with Crippen molar-refractivity contribution in [3.63, 3.8) is 0 Å². The molecule has 82 valence electrons. The number of carbonyl (C=O) groups is 1. The quantitative estimate of drug-likeness (QED) is 0.913. The van der Waals surface area contributed by atoms with Crippen LogP contribution in [0.5, 0.6) is 0 Å². The van der Waals surface area contributed by atoms with E-state index < -0.39 is 0 Å². The highest BCUT2D eigenvalue weighted by atomic mass is 79.9. The first-order valence-corrected chi connectivity index (χ1v) is 5.82. The van der Waals surface area contributed by atoms with Crippen LogP contribution in [-0.2, 0) is 11.2 Å². The molecule has 1 rings (SSSR count). The number of rotatable bonds is 4. The second-order valence-corrected chi connectivity index (χ2v) is 4.84. The third-order valence-electron chi connectivity index (χ3n) is 2.56. The Morgan fingerprint density at radius 1 is 1.47 bits per heavy atom. The molecule has 0 bridgehead atoms. The highest BCUT2D eigenvalue weighted by molar-refractivity contribution is 9.10. The molecule has 3 heteroatoms. The maximum atomic E-state index is 11.8. The number of hydrogen-bond donors (Lipinski definition) is 1. The van der Waals surface area contributed by atoms with Crippen LogP contribution in [0.25, 0.3) is 0 Å². The van der Waals surface area contributed by atoms with Crippen LogP contribution >= 0.6 is 15.9 Å². The summed E-state index contributed by atoms with van der Waals surface area (Å²) in [5.74, 6) is 0.118. The van der Waals surface area contributed by atoms with Crippen LogP contribution in [0.3, 0.4) is 0 Å². The zero-order chi connectivity index (χ0) is 11.4. The van der Waals surface area contributed by atoms with Crippen LogP contribution in [0.4, 0.5) is 0 Å². The average molecular weight is 270 g/mol. The Balaban J connectivity index is 2.66. The van der Waals surface area contributed by atoms with Crippen molar-refractivity contribution in [1.29, 1.82) is 0 Å². The van der Waals surface area contributed by atoms with Crippen molar-refractivity contribution in [2.45, 2.75) is 26.3 Å². The summed E-state index contributed by atoms with van der Waals surface area (Å²) in [6.45, 7) is 3.74. The van der Waals surface area contributed by atoms with Crippen LogP contribution in [0, 0.1) is 5.92 Å². The number of Topliss-reactive ketones (excluding diaryl/α,β-unsaturated/α-hetero) is 1. The van der Waals surface area contributed by atoms with E-state index in [1.807, 2.05) is 38.1 Å². The van der Waals surface area contributed by atoms with Crippen molar-refractivity contribution in [1.82, 2.24) is 0 Å². The van der Waals surface area contributed by atoms with Crippen molar-refractivity contribution < 1.29 is 4.79 Å². The lowest BCUT2D eigenvalue weighted by molar-refractivity contribution is -0.122. The van der Waals surface area contributed by atoms with E-state index in [0.717, 1.165) is 10.0 Å². The van der Waals surface area contributed by atoms with Gasteiger partial charge < -0.3 is 5.73 Å². The van der Waals surface area contributed by atoms with Gasteiger partial charge in [-0.1, -0.05) is 35.0 Å². The number of halogens is 1. The van der Waals surface area contributed by atoms with E-state index in [2.05, 4.69) is 15.9 Å². The second-order valence-electron chi connectivity index (χ2n) is 3.92. The zero-order valence-electron chi connectivity index (χ0n) is 9.03. The van der Waals surface area contributed by atoms with Crippen LogP contribution < -0.4 is 5.73 Å². The average Bonchev–Trinajstić information content (AvgIpc) is 2.16. The number of hydrogen-bond acceptors (Lipinski definition) is 2. The molecule has 15 heavy (non-hydrogen) atoms. The molecular weight excluding hydrogens is 254 g/mol. The summed E-state index contributed by atoms with van der Waals surface area (Å²) in [6.07, 6.45) is 0.460. The topological polar surface area (TPSA) is 43.1 Å². The van der Waals surface area contributed by atoms with E-state index in [0.29, 0.717) is 6.42 Å². The first-order valence-electron chi connectivity index (χ1n) is 5.03. The zero-order valence-corrected chi connectivity index (χ0v) is 10.6. The van der Waals surface area contributed by atoms with E-state index in [9.17, 15) is 4.79 Å². The Morgan fingerprint density at radius 2 is 2.13 bits per heavy atom. The predicted molar refractivity (Wildman–Crippen MR) is 65.7 cm³/mol. The van der Waals surface area contributed by atoms with Crippen molar-refractivity contribution in [3.05, 3.63) is 34.3 Å². The van der Waals surface area contributed by atoms with Gasteiger partial charge in [-0.15, -0.1) is 0 Å². The van der Waals surface area contributed by atoms with Gasteiger partial charge in [-0.05, 0) is 24.6 Å². The predicted octanol–water partition coefficient (Wildman–Crippen LogP) is 2.54. The number of nitrogens with two attached hydrogens (primary N) is 1. The van der Waals surface area contributed by atoms with E-state index in [-0.39, 0.29) is 17.7 Å². The summed E-state index contributed by atoms with van der Waals surface area (Å²) in [5.41, 5.74) is 6.72. The molecule has 0 fully saturated rings. The molecule has 0 spiro atoms. The first kappa shape index (κ1) is 12.4. The van der Waals surface area contributed by atoms with Crippen LogP contribution in [0.2, 0.25) is 0 Å². The van der Waals surface area contributed by atoms with Gasteiger partial charge in [-0.2, -0.15) is 0 Å². The molecule has 0 aliphatic rings. The van der Waals surface area contributed by atoms with E-state index >= 15 is 0 Å². The number of carbonyl (C=O) groups excluding carboxylic acids is 1. The van der Waals surface area contributed by atoms with Crippen molar-refractivity contribution >= 4 is 21.7 Å². The van der Waals surface area contributed by atoms with Gasteiger partial charge in [0.2, 0.25) is 0 Å². The Bertz CT molecular complexity index is 349. The molecule has 0 heterocycles. The van der Waals surface area contributed by atoms with Gasteiger partial charge in [0.05, 0.1) is 0 Å².